The Morgan fingerprint density at radius 2 is 1.46 bits per heavy atom. The number of hydrogen-bond acceptors (Lipinski definition) is 3. The molecule has 1 saturated heterocycles. The number of hydrogen-bond donors (Lipinski definition) is 0. The van der Waals surface area contributed by atoms with Crippen LogP contribution in [0.15, 0.2) is 59.0 Å². The van der Waals surface area contributed by atoms with Gasteiger partial charge in [-0.05, 0) is 56.1 Å². The van der Waals surface area contributed by atoms with E-state index in [-0.39, 0.29) is 18.3 Å². The lowest BCUT2D eigenvalue weighted by molar-refractivity contribution is 0.00578. The van der Waals surface area contributed by atoms with Crippen molar-refractivity contribution in [3.8, 4) is 0 Å². The topological polar surface area (TPSA) is 31.6 Å². The van der Waals surface area contributed by atoms with Gasteiger partial charge in [0.15, 0.2) is 0 Å². The Hall–Kier alpha value is -2.30. The maximum absolute atomic E-state index is 6.20. The summed E-state index contributed by atoms with van der Waals surface area (Å²) in [7, 11) is -0.346. The fraction of sp³-hybridized carbons (Fsp3) is 0.273. The van der Waals surface area contributed by atoms with Gasteiger partial charge in [0.25, 0.3) is 0 Å². The summed E-state index contributed by atoms with van der Waals surface area (Å²) < 4.78 is 18.4. The van der Waals surface area contributed by atoms with Crippen molar-refractivity contribution in [3.63, 3.8) is 0 Å². The van der Waals surface area contributed by atoms with E-state index in [1.54, 1.807) is 0 Å². The summed E-state index contributed by atoms with van der Waals surface area (Å²) in [6.07, 6.45) is 0. The summed E-state index contributed by atoms with van der Waals surface area (Å²) >= 11 is 0. The largest absolute Gasteiger partial charge is 0.494 e. The molecule has 3 aromatic carbocycles. The van der Waals surface area contributed by atoms with Crippen molar-refractivity contribution in [2.24, 2.45) is 0 Å². The normalized spacial score (nSPS) is 19.0. The molecule has 1 aliphatic heterocycles. The van der Waals surface area contributed by atoms with E-state index in [0.717, 1.165) is 27.4 Å². The lowest BCUT2D eigenvalue weighted by atomic mass is 9.78. The first-order valence-electron chi connectivity index (χ1n) is 9.05. The molecular formula is C22H21BO3. The third-order valence-corrected chi connectivity index (χ3v) is 5.91. The third kappa shape index (κ3) is 2.16. The van der Waals surface area contributed by atoms with Crippen LogP contribution in [-0.4, -0.2) is 18.3 Å². The predicted octanol–water partition coefficient (Wildman–Crippen LogP) is 5.04. The Bertz CT molecular complexity index is 1140. The smallest absolute Gasteiger partial charge is 0.456 e. The van der Waals surface area contributed by atoms with E-state index in [1.165, 1.54) is 10.8 Å². The fourth-order valence-corrected chi connectivity index (χ4v) is 3.70. The molecule has 1 aliphatic rings. The van der Waals surface area contributed by atoms with Crippen LogP contribution >= 0.6 is 0 Å². The minimum absolute atomic E-state index is 0.336. The first-order valence-corrected chi connectivity index (χ1v) is 9.05. The second-order valence-corrected chi connectivity index (χ2v) is 8.11. The van der Waals surface area contributed by atoms with Gasteiger partial charge in [0, 0.05) is 10.8 Å². The molecule has 3 nitrogen and oxygen atoms in total. The molecule has 26 heavy (non-hydrogen) atoms. The minimum atomic E-state index is -0.346. The van der Waals surface area contributed by atoms with Gasteiger partial charge in [0.2, 0.25) is 0 Å². The van der Waals surface area contributed by atoms with Gasteiger partial charge in [-0.2, -0.15) is 0 Å². The van der Waals surface area contributed by atoms with Crippen LogP contribution in [0, 0.1) is 0 Å². The third-order valence-electron chi connectivity index (χ3n) is 5.91. The zero-order chi connectivity index (χ0) is 18.1. The zero-order valence-electron chi connectivity index (χ0n) is 15.5. The fourth-order valence-electron chi connectivity index (χ4n) is 3.70. The van der Waals surface area contributed by atoms with Crippen molar-refractivity contribution in [1.82, 2.24) is 0 Å². The van der Waals surface area contributed by atoms with Gasteiger partial charge in [-0.25, -0.2) is 0 Å². The van der Waals surface area contributed by atoms with Crippen LogP contribution in [0.25, 0.3) is 32.7 Å². The Morgan fingerprint density at radius 1 is 0.731 bits per heavy atom. The highest BCUT2D eigenvalue weighted by atomic mass is 16.7. The Kier molecular flexibility index (Phi) is 3.14. The number of fused-ring (bicyclic) bond motifs is 5. The van der Waals surface area contributed by atoms with Crippen LogP contribution < -0.4 is 5.46 Å². The lowest BCUT2D eigenvalue weighted by Gasteiger charge is -2.32. The predicted molar refractivity (Wildman–Crippen MR) is 107 cm³/mol. The molecule has 1 fully saturated rings. The van der Waals surface area contributed by atoms with Crippen molar-refractivity contribution >= 4 is 45.3 Å². The van der Waals surface area contributed by atoms with Crippen molar-refractivity contribution in [2.45, 2.75) is 38.9 Å². The molecule has 0 amide bonds. The molecule has 2 heterocycles. The minimum Gasteiger partial charge on any atom is -0.456 e. The van der Waals surface area contributed by atoms with Crippen LogP contribution in [0.2, 0.25) is 0 Å². The molecule has 4 aromatic rings. The van der Waals surface area contributed by atoms with Crippen molar-refractivity contribution in [3.05, 3.63) is 54.6 Å². The molecule has 0 aliphatic carbocycles. The summed E-state index contributed by atoms with van der Waals surface area (Å²) in [5.41, 5.74) is 2.21. The van der Waals surface area contributed by atoms with Crippen LogP contribution in [0.4, 0.5) is 0 Å². The standard InChI is InChI=1S/C22H21BO3/c1-21(2)22(3,4)26-23(25-21)15-10-11-16-14(13-15)9-12-19-20(16)17-7-5-6-8-18(17)24-19/h5-13H,1-4H3. The Balaban J connectivity index is 1.67. The van der Waals surface area contributed by atoms with Gasteiger partial charge in [-0.3, -0.25) is 0 Å². The zero-order valence-corrected chi connectivity index (χ0v) is 15.5. The second kappa shape index (κ2) is 5.12. The van der Waals surface area contributed by atoms with Crippen molar-refractivity contribution < 1.29 is 13.7 Å². The van der Waals surface area contributed by atoms with E-state index in [4.69, 9.17) is 13.7 Å². The van der Waals surface area contributed by atoms with Crippen molar-refractivity contribution in [2.75, 3.05) is 0 Å². The summed E-state index contributed by atoms with van der Waals surface area (Å²) in [6, 6.07) is 18.8. The van der Waals surface area contributed by atoms with E-state index in [2.05, 4.69) is 64.1 Å². The lowest BCUT2D eigenvalue weighted by Crippen LogP contribution is -2.41. The van der Waals surface area contributed by atoms with E-state index in [1.807, 2.05) is 18.2 Å². The quantitative estimate of drug-likeness (QED) is 0.454. The highest BCUT2D eigenvalue weighted by Crippen LogP contribution is 2.37. The van der Waals surface area contributed by atoms with Gasteiger partial charge in [0.05, 0.1) is 11.2 Å². The van der Waals surface area contributed by atoms with Gasteiger partial charge in [-0.15, -0.1) is 0 Å². The van der Waals surface area contributed by atoms with Crippen LogP contribution in [-0.2, 0) is 9.31 Å². The van der Waals surface area contributed by atoms with Crippen LogP contribution in [0.3, 0.4) is 0 Å². The number of para-hydroxylation sites is 1. The molecule has 0 radical (unpaired) electrons. The van der Waals surface area contributed by atoms with Gasteiger partial charge < -0.3 is 13.7 Å². The SMILES string of the molecule is CC1(C)OB(c2ccc3c(ccc4oc5ccccc5c43)c2)OC1(C)C. The Morgan fingerprint density at radius 3 is 2.23 bits per heavy atom. The molecule has 4 heteroatoms. The highest BCUT2D eigenvalue weighted by molar-refractivity contribution is 6.62. The van der Waals surface area contributed by atoms with Crippen LogP contribution in [0.5, 0.6) is 0 Å². The Labute approximate surface area is 153 Å². The number of benzene rings is 3. The average molecular weight is 344 g/mol. The number of furan rings is 1. The van der Waals surface area contributed by atoms with Crippen LogP contribution in [0.1, 0.15) is 27.7 Å². The molecule has 0 unspecified atom stereocenters. The molecule has 5 rings (SSSR count). The van der Waals surface area contributed by atoms with Crippen molar-refractivity contribution in [1.29, 1.82) is 0 Å². The maximum Gasteiger partial charge on any atom is 0.494 e. The molecule has 130 valence electrons. The molecule has 0 saturated carbocycles. The monoisotopic (exact) mass is 344 g/mol. The van der Waals surface area contributed by atoms with Gasteiger partial charge in [-0.1, -0.05) is 42.5 Å². The second-order valence-electron chi connectivity index (χ2n) is 8.11. The first kappa shape index (κ1) is 15.9. The molecular weight excluding hydrogens is 323 g/mol. The summed E-state index contributed by atoms with van der Waals surface area (Å²) in [5, 5.41) is 4.67. The highest BCUT2D eigenvalue weighted by Gasteiger charge is 2.51. The number of rotatable bonds is 1. The van der Waals surface area contributed by atoms with E-state index in [9.17, 15) is 0 Å². The molecule has 0 spiro atoms. The maximum atomic E-state index is 6.20. The first-order chi connectivity index (χ1) is 12.4. The van der Waals surface area contributed by atoms with E-state index >= 15 is 0 Å². The summed E-state index contributed by atoms with van der Waals surface area (Å²) in [5.74, 6) is 0. The van der Waals surface area contributed by atoms with E-state index in [0.29, 0.717) is 0 Å². The summed E-state index contributed by atoms with van der Waals surface area (Å²) in [4.78, 5) is 0. The van der Waals surface area contributed by atoms with Gasteiger partial charge >= 0.3 is 7.12 Å². The summed E-state index contributed by atoms with van der Waals surface area (Å²) in [6.45, 7) is 8.31. The van der Waals surface area contributed by atoms with Gasteiger partial charge in [0.1, 0.15) is 11.2 Å². The average Bonchev–Trinajstić information content (AvgIpc) is 3.08. The molecule has 0 N–H and O–H groups in total. The van der Waals surface area contributed by atoms with E-state index < -0.39 is 0 Å². The molecule has 0 bridgehead atoms. The molecule has 1 aromatic heterocycles. The molecule has 0 atom stereocenters.